The molecule has 7 nitrogen and oxygen atoms in total. The van der Waals surface area contributed by atoms with Crippen molar-refractivity contribution in [2.75, 3.05) is 17.1 Å². The second-order valence-corrected chi connectivity index (χ2v) is 11.5. The van der Waals surface area contributed by atoms with Crippen LogP contribution in [0.1, 0.15) is 57.6 Å². The lowest BCUT2D eigenvalue weighted by molar-refractivity contribution is -0.141. The Morgan fingerprint density at radius 3 is 2.14 bits per heavy atom. The number of carbonyl (C=O) groups excluding carboxylic acids is 2. The van der Waals surface area contributed by atoms with Crippen LogP contribution in [0.5, 0.6) is 0 Å². The second-order valence-electron chi connectivity index (χ2n) is 9.16. The van der Waals surface area contributed by atoms with Crippen molar-refractivity contribution in [1.29, 1.82) is 0 Å². The SMILES string of the molecule is CC[C@@H](C)NC(=O)[C@H](CC)N(Cc1ccc(Cl)cc1)C(=O)CCCN(c1ccc(C)cc1)S(C)(=O)=O. The Morgan fingerprint density at radius 2 is 1.61 bits per heavy atom. The maximum atomic E-state index is 13.4. The Balaban J connectivity index is 2.21. The number of hydrogen-bond donors (Lipinski definition) is 1. The van der Waals surface area contributed by atoms with Crippen LogP contribution in [0.2, 0.25) is 5.02 Å². The van der Waals surface area contributed by atoms with Crippen molar-refractivity contribution in [1.82, 2.24) is 10.2 Å². The van der Waals surface area contributed by atoms with Gasteiger partial charge in [-0.3, -0.25) is 13.9 Å². The van der Waals surface area contributed by atoms with Crippen molar-refractivity contribution in [3.05, 3.63) is 64.7 Å². The first kappa shape index (κ1) is 29.6. The molecule has 0 fully saturated rings. The molecule has 0 unspecified atom stereocenters. The first-order valence-corrected chi connectivity index (χ1v) is 14.6. The number of carbonyl (C=O) groups is 2. The molecule has 0 saturated carbocycles. The van der Waals surface area contributed by atoms with Crippen molar-refractivity contribution in [3.63, 3.8) is 0 Å². The zero-order valence-corrected chi connectivity index (χ0v) is 23.4. The van der Waals surface area contributed by atoms with Crippen molar-refractivity contribution >= 4 is 39.1 Å². The average Bonchev–Trinajstić information content (AvgIpc) is 2.82. The van der Waals surface area contributed by atoms with E-state index in [-0.39, 0.29) is 37.4 Å². The fraction of sp³-hybridized carbons (Fsp3) is 0.481. The summed E-state index contributed by atoms with van der Waals surface area (Å²) in [5, 5.41) is 3.58. The molecule has 0 bridgehead atoms. The van der Waals surface area contributed by atoms with E-state index in [9.17, 15) is 18.0 Å². The second kappa shape index (κ2) is 13.7. The quantitative estimate of drug-likeness (QED) is 0.394. The molecule has 9 heteroatoms. The summed E-state index contributed by atoms with van der Waals surface area (Å²) in [7, 11) is -3.52. The van der Waals surface area contributed by atoms with Crippen molar-refractivity contribution in [2.45, 2.75) is 72.0 Å². The third-order valence-corrected chi connectivity index (χ3v) is 7.57. The van der Waals surface area contributed by atoms with Gasteiger partial charge in [-0.05, 0) is 62.9 Å². The topological polar surface area (TPSA) is 86.8 Å². The minimum absolute atomic E-state index is 0.00291. The van der Waals surface area contributed by atoms with Crippen LogP contribution in [0.15, 0.2) is 48.5 Å². The summed E-state index contributed by atoms with van der Waals surface area (Å²) in [5.41, 5.74) is 2.45. The maximum Gasteiger partial charge on any atom is 0.243 e. The van der Waals surface area contributed by atoms with E-state index in [0.717, 1.165) is 23.8 Å². The predicted molar refractivity (Wildman–Crippen MR) is 147 cm³/mol. The molecule has 2 atom stereocenters. The van der Waals surface area contributed by atoms with Crippen LogP contribution in [-0.4, -0.2) is 50.0 Å². The van der Waals surface area contributed by atoms with E-state index < -0.39 is 16.1 Å². The van der Waals surface area contributed by atoms with E-state index in [1.165, 1.54) is 4.31 Å². The summed E-state index contributed by atoms with van der Waals surface area (Å²) in [6, 6.07) is 13.8. The number of aryl methyl sites for hydroxylation is 1. The number of amides is 2. The normalized spacial score (nSPS) is 13.1. The summed E-state index contributed by atoms with van der Waals surface area (Å²) in [6.07, 6.45) is 2.83. The number of hydrogen-bond acceptors (Lipinski definition) is 4. The highest BCUT2D eigenvalue weighted by atomic mass is 35.5. The maximum absolute atomic E-state index is 13.4. The lowest BCUT2D eigenvalue weighted by Crippen LogP contribution is -2.50. The zero-order valence-electron chi connectivity index (χ0n) is 21.8. The molecule has 0 aliphatic carbocycles. The molecule has 0 spiro atoms. The summed E-state index contributed by atoms with van der Waals surface area (Å²) in [4.78, 5) is 28.1. The number of nitrogens with one attached hydrogen (secondary N) is 1. The van der Waals surface area contributed by atoms with Crippen LogP contribution in [0.4, 0.5) is 5.69 Å². The van der Waals surface area contributed by atoms with Gasteiger partial charge in [0, 0.05) is 30.6 Å². The van der Waals surface area contributed by atoms with E-state index in [4.69, 9.17) is 11.6 Å². The lowest BCUT2D eigenvalue weighted by Gasteiger charge is -2.32. The van der Waals surface area contributed by atoms with Gasteiger partial charge in [-0.2, -0.15) is 0 Å². The summed E-state index contributed by atoms with van der Waals surface area (Å²) >= 11 is 6.02. The molecular weight excluding hydrogens is 498 g/mol. The molecule has 36 heavy (non-hydrogen) atoms. The molecule has 0 radical (unpaired) electrons. The summed E-state index contributed by atoms with van der Waals surface area (Å²) in [5.74, 6) is -0.389. The zero-order chi connectivity index (χ0) is 26.9. The molecule has 0 aromatic heterocycles. The van der Waals surface area contributed by atoms with Crippen LogP contribution in [0.3, 0.4) is 0 Å². The fourth-order valence-corrected chi connectivity index (χ4v) is 4.95. The van der Waals surface area contributed by atoms with E-state index in [0.29, 0.717) is 23.6 Å². The third kappa shape index (κ3) is 8.82. The smallest absolute Gasteiger partial charge is 0.243 e. The molecule has 2 aromatic rings. The molecule has 0 aliphatic heterocycles. The minimum Gasteiger partial charge on any atom is -0.352 e. The predicted octanol–water partition coefficient (Wildman–Crippen LogP) is 4.92. The monoisotopic (exact) mass is 535 g/mol. The Morgan fingerprint density at radius 1 is 1.00 bits per heavy atom. The average molecular weight is 536 g/mol. The van der Waals surface area contributed by atoms with Crippen LogP contribution >= 0.6 is 11.6 Å². The van der Waals surface area contributed by atoms with Crippen molar-refractivity contribution < 1.29 is 18.0 Å². The molecule has 1 N–H and O–H groups in total. The summed E-state index contributed by atoms with van der Waals surface area (Å²) in [6.45, 7) is 8.16. The number of rotatable bonds is 13. The van der Waals surface area contributed by atoms with Gasteiger partial charge in [-0.15, -0.1) is 0 Å². The fourth-order valence-electron chi connectivity index (χ4n) is 3.86. The van der Waals surface area contributed by atoms with Crippen LogP contribution in [0, 0.1) is 6.92 Å². The molecule has 0 aliphatic rings. The Kier molecular flexibility index (Phi) is 11.2. The molecule has 0 saturated heterocycles. The van der Waals surface area contributed by atoms with Crippen molar-refractivity contribution in [3.8, 4) is 0 Å². The van der Waals surface area contributed by atoms with Gasteiger partial charge in [-0.25, -0.2) is 8.42 Å². The van der Waals surface area contributed by atoms with Gasteiger partial charge in [0.05, 0.1) is 11.9 Å². The number of nitrogens with zero attached hydrogens (tertiary/aromatic N) is 2. The Labute approximate surface area is 220 Å². The van der Waals surface area contributed by atoms with Gasteiger partial charge >= 0.3 is 0 Å². The van der Waals surface area contributed by atoms with E-state index in [1.54, 1.807) is 29.2 Å². The van der Waals surface area contributed by atoms with E-state index in [2.05, 4.69) is 5.32 Å². The van der Waals surface area contributed by atoms with Crippen LogP contribution in [-0.2, 0) is 26.2 Å². The highest BCUT2D eigenvalue weighted by molar-refractivity contribution is 7.92. The van der Waals surface area contributed by atoms with Gasteiger partial charge in [0.1, 0.15) is 6.04 Å². The largest absolute Gasteiger partial charge is 0.352 e. The lowest BCUT2D eigenvalue weighted by atomic mass is 10.1. The van der Waals surface area contributed by atoms with Gasteiger partial charge in [0.15, 0.2) is 0 Å². The third-order valence-electron chi connectivity index (χ3n) is 6.13. The van der Waals surface area contributed by atoms with E-state index >= 15 is 0 Å². The molecular formula is C27H38ClN3O4S. The Hall–Kier alpha value is -2.58. The van der Waals surface area contributed by atoms with Gasteiger partial charge < -0.3 is 10.2 Å². The van der Waals surface area contributed by atoms with Gasteiger partial charge in [0.2, 0.25) is 21.8 Å². The highest BCUT2D eigenvalue weighted by Crippen LogP contribution is 2.20. The number of sulfonamides is 1. The van der Waals surface area contributed by atoms with E-state index in [1.807, 2.05) is 52.0 Å². The first-order chi connectivity index (χ1) is 17.0. The highest BCUT2D eigenvalue weighted by Gasteiger charge is 2.29. The molecule has 198 valence electrons. The minimum atomic E-state index is -3.52. The number of halogens is 1. The van der Waals surface area contributed by atoms with Gasteiger partial charge in [-0.1, -0.05) is 55.3 Å². The molecule has 2 rings (SSSR count). The molecule has 2 amide bonds. The van der Waals surface area contributed by atoms with Crippen molar-refractivity contribution in [2.24, 2.45) is 0 Å². The number of benzene rings is 2. The van der Waals surface area contributed by atoms with Gasteiger partial charge in [0.25, 0.3) is 0 Å². The van der Waals surface area contributed by atoms with Crippen LogP contribution < -0.4 is 9.62 Å². The molecule has 2 aromatic carbocycles. The first-order valence-electron chi connectivity index (χ1n) is 12.3. The van der Waals surface area contributed by atoms with Crippen LogP contribution in [0.25, 0.3) is 0 Å². The standard InChI is InChI=1S/C27H38ClN3O4S/c1-6-21(4)29-27(33)25(7-2)30(19-22-12-14-23(28)15-13-22)26(32)9-8-18-31(36(5,34)35)24-16-10-20(3)11-17-24/h10-17,21,25H,6-9,18-19H2,1-5H3,(H,29,33)/t21-,25+/m1/s1. The number of anilines is 1. The Bertz CT molecular complexity index is 1100. The molecule has 0 heterocycles. The summed E-state index contributed by atoms with van der Waals surface area (Å²) < 4.78 is 26.2.